The molecule has 0 bridgehead atoms. The number of carboxylic acid groups (broad SMARTS) is 1. The number of amides is 1. The molecule has 1 amide bonds. The van der Waals surface area contributed by atoms with Gasteiger partial charge in [0.25, 0.3) is 0 Å². The van der Waals surface area contributed by atoms with Gasteiger partial charge in [0.2, 0.25) is 5.91 Å². The monoisotopic (exact) mass is 385 g/mol. The summed E-state index contributed by atoms with van der Waals surface area (Å²) in [7, 11) is 0. The Balaban J connectivity index is 1.78. The van der Waals surface area contributed by atoms with Crippen LogP contribution in [-0.2, 0) is 15.7 Å². The van der Waals surface area contributed by atoms with E-state index < -0.39 is 24.0 Å². The molecule has 1 N–H and O–H groups in total. The standard InChI is InChI=1S/C19H22F3NO4/c20-19(21,22)15-7-5-12(6-8-15)14-9-16(27-18(25)26)11-23(10-14)17(24)13-3-1-2-4-13/h5-8,13-14,16H,1-4,9-11H2,(H,25,26). The van der Waals surface area contributed by atoms with Crippen LogP contribution in [0.15, 0.2) is 24.3 Å². The molecule has 27 heavy (non-hydrogen) atoms. The van der Waals surface area contributed by atoms with E-state index >= 15 is 0 Å². The second-order valence-corrected chi connectivity index (χ2v) is 7.28. The quantitative estimate of drug-likeness (QED) is 0.789. The average Bonchev–Trinajstić information content (AvgIpc) is 3.14. The first-order valence-corrected chi connectivity index (χ1v) is 9.09. The van der Waals surface area contributed by atoms with E-state index in [0.717, 1.165) is 37.8 Å². The van der Waals surface area contributed by atoms with E-state index in [1.807, 2.05) is 0 Å². The number of piperidine rings is 1. The van der Waals surface area contributed by atoms with Gasteiger partial charge in [-0.2, -0.15) is 13.2 Å². The Hall–Kier alpha value is -2.25. The first-order chi connectivity index (χ1) is 12.7. The summed E-state index contributed by atoms with van der Waals surface area (Å²) >= 11 is 0. The summed E-state index contributed by atoms with van der Waals surface area (Å²) in [6.07, 6.45) is -2.52. The summed E-state index contributed by atoms with van der Waals surface area (Å²) < 4.78 is 43.2. The predicted molar refractivity (Wildman–Crippen MR) is 90.2 cm³/mol. The Morgan fingerprint density at radius 1 is 1.07 bits per heavy atom. The molecule has 1 saturated carbocycles. The van der Waals surface area contributed by atoms with Crippen LogP contribution in [0.5, 0.6) is 0 Å². The molecule has 2 aliphatic rings. The van der Waals surface area contributed by atoms with Crippen molar-refractivity contribution in [1.82, 2.24) is 4.90 Å². The van der Waals surface area contributed by atoms with Gasteiger partial charge in [0.15, 0.2) is 0 Å². The lowest BCUT2D eigenvalue weighted by molar-refractivity contribution is -0.139. The van der Waals surface area contributed by atoms with Gasteiger partial charge in [-0.1, -0.05) is 25.0 Å². The number of carbonyl (C=O) groups excluding carboxylic acids is 1. The van der Waals surface area contributed by atoms with Crippen molar-refractivity contribution in [2.45, 2.75) is 50.3 Å². The van der Waals surface area contributed by atoms with Gasteiger partial charge in [0.05, 0.1) is 12.1 Å². The largest absolute Gasteiger partial charge is 0.506 e. The van der Waals surface area contributed by atoms with Crippen molar-refractivity contribution < 1.29 is 32.6 Å². The molecule has 3 rings (SSSR count). The summed E-state index contributed by atoms with van der Waals surface area (Å²) in [5, 5.41) is 8.93. The zero-order valence-electron chi connectivity index (χ0n) is 14.7. The summed E-state index contributed by atoms with van der Waals surface area (Å²) in [5.74, 6) is -0.333. The molecule has 148 valence electrons. The zero-order chi connectivity index (χ0) is 19.6. The zero-order valence-corrected chi connectivity index (χ0v) is 14.7. The third-order valence-corrected chi connectivity index (χ3v) is 5.41. The first kappa shape index (κ1) is 19.5. The topological polar surface area (TPSA) is 66.8 Å². The number of ether oxygens (including phenoxy) is 1. The van der Waals surface area contributed by atoms with Crippen LogP contribution in [0.4, 0.5) is 18.0 Å². The normalized spacial score (nSPS) is 24.0. The van der Waals surface area contributed by atoms with Gasteiger partial charge in [-0.3, -0.25) is 4.79 Å². The van der Waals surface area contributed by atoms with Gasteiger partial charge in [0.1, 0.15) is 6.10 Å². The maximum Gasteiger partial charge on any atom is 0.506 e. The predicted octanol–water partition coefficient (Wildman–Crippen LogP) is 4.27. The second-order valence-electron chi connectivity index (χ2n) is 7.28. The van der Waals surface area contributed by atoms with Crippen LogP contribution in [0, 0.1) is 5.92 Å². The summed E-state index contributed by atoms with van der Waals surface area (Å²) in [4.78, 5) is 25.3. The molecule has 1 saturated heterocycles. The lowest BCUT2D eigenvalue weighted by atomic mass is 9.88. The molecule has 5 nitrogen and oxygen atoms in total. The van der Waals surface area contributed by atoms with E-state index in [2.05, 4.69) is 0 Å². The minimum atomic E-state index is -4.41. The Bertz CT molecular complexity index is 683. The fourth-order valence-corrected chi connectivity index (χ4v) is 4.08. The molecule has 0 radical (unpaired) electrons. The molecule has 1 aromatic carbocycles. The average molecular weight is 385 g/mol. The lowest BCUT2D eigenvalue weighted by Gasteiger charge is -2.38. The van der Waals surface area contributed by atoms with Gasteiger partial charge in [-0.25, -0.2) is 4.79 Å². The number of rotatable bonds is 3. The van der Waals surface area contributed by atoms with E-state index in [0.29, 0.717) is 18.5 Å². The number of hydrogen-bond donors (Lipinski definition) is 1. The molecule has 1 aromatic rings. The number of likely N-dealkylation sites (tertiary alicyclic amines) is 1. The molecule has 2 unspecified atom stereocenters. The summed E-state index contributed by atoms with van der Waals surface area (Å²) in [5.41, 5.74) is -0.0924. The van der Waals surface area contributed by atoms with Crippen molar-refractivity contribution in [2.24, 2.45) is 5.92 Å². The molecule has 2 fully saturated rings. The summed E-state index contributed by atoms with van der Waals surface area (Å²) in [6.45, 7) is 0.555. The molecule has 8 heteroatoms. The van der Waals surface area contributed by atoms with Crippen molar-refractivity contribution >= 4 is 12.1 Å². The maximum absolute atomic E-state index is 12.8. The minimum absolute atomic E-state index is 0.0110. The van der Waals surface area contributed by atoms with Gasteiger partial charge in [0, 0.05) is 18.4 Å². The second kappa shape index (κ2) is 7.78. The van der Waals surface area contributed by atoms with E-state index in [-0.39, 0.29) is 24.3 Å². The molecule has 2 atom stereocenters. The number of benzene rings is 1. The minimum Gasteiger partial charge on any atom is -0.450 e. The molecule has 1 heterocycles. The highest BCUT2D eigenvalue weighted by Crippen LogP contribution is 2.34. The van der Waals surface area contributed by atoms with Crippen LogP contribution in [0.1, 0.15) is 49.1 Å². The van der Waals surface area contributed by atoms with E-state index in [1.54, 1.807) is 4.90 Å². The van der Waals surface area contributed by atoms with Crippen molar-refractivity contribution in [2.75, 3.05) is 13.1 Å². The Morgan fingerprint density at radius 2 is 1.70 bits per heavy atom. The van der Waals surface area contributed by atoms with Gasteiger partial charge >= 0.3 is 12.3 Å². The van der Waals surface area contributed by atoms with Gasteiger partial charge in [-0.05, 0) is 37.0 Å². The molecular formula is C19H22F3NO4. The number of alkyl halides is 3. The molecule has 0 aromatic heterocycles. The molecule has 1 aliphatic heterocycles. The molecular weight excluding hydrogens is 363 g/mol. The number of carbonyl (C=O) groups is 2. The van der Waals surface area contributed by atoms with Crippen LogP contribution >= 0.6 is 0 Å². The van der Waals surface area contributed by atoms with Crippen LogP contribution in [0.25, 0.3) is 0 Å². The molecule has 0 spiro atoms. The third kappa shape index (κ3) is 4.73. The number of hydrogen-bond acceptors (Lipinski definition) is 3. The summed E-state index contributed by atoms with van der Waals surface area (Å²) in [6, 6.07) is 4.82. The van der Waals surface area contributed by atoms with E-state index in [9.17, 15) is 22.8 Å². The highest BCUT2D eigenvalue weighted by Gasteiger charge is 2.37. The maximum atomic E-state index is 12.8. The smallest absolute Gasteiger partial charge is 0.450 e. The Morgan fingerprint density at radius 3 is 2.26 bits per heavy atom. The van der Waals surface area contributed by atoms with Gasteiger partial charge in [-0.15, -0.1) is 0 Å². The van der Waals surface area contributed by atoms with Crippen LogP contribution in [0.2, 0.25) is 0 Å². The fraction of sp³-hybridized carbons (Fsp3) is 0.579. The molecule has 1 aliphatic carbocycles. The van der Waals surface area contributed by atoms with E-state index in [4.69, 9.17) is 9.84 Å². The fourth-order valence-electron chi connectivity index (χ4n) is 4.08. The van der Waals surface area contributed by atoms with E-state index in [1.165, 1.54) is 12.1 Å². The SMILES string of the molecule is O=C(O)OC1CC(c2ccc(C(F)(F)F)cc2)CN(C(=O)C2CCCC2)C1. The number of nitrogens with zero attached hydrogens (tertiary/aromatic N) is 1. The van der Waals surface area contributed by atoms with Crippen LogP contribution < -0.4 is 0 Å². The third-order valence-electron chi connectivity index (χ3n) is 5.41. The van der Waals surface area contributed by atoms with Crippen molar-refractivity contribution in [3.8, 4) is 0 Å². The van der Waals surface area contributed by atoms with Crippen LogP contribution in [0.3, 0.4) is 0 Å². The first-order valence-electron chi connectivity index (χ1n) is 9.09. The van der Waals surface area contributed by atoms with Gasteiger partial charge < -0.3 is 14.7 Å². The number of halogens is 3. The Kier molecular flexibility index (Phi) is 5.62. The van der Waals surface area contributed by atoms with Crippen molar-refractivity contribution in [3.63, 3.8) is 0 Å². The lowest BCUT2D eigenvalue weighted by Crippen LogP contribution is -2.48. The highest BCUT2D eigenvalue weighted by molar-refractivity contribution is 5.79. The van der Waals surface area contributed by atoms with Crippen molar-refractivity contribution in [3.05, 3.63) is 35.4 Å². The Labute approximate surface area is 155 Å². The highest BCUT2D eigenvalue weighted by atomic mass is 19.4. The van der Waals surface area contributed by atoms with Crippen LogP contribution in [-0.4, -0.2) is 41.3 Å². The van der Waals surface area contributed by atoms with Crippen molar-refractivity contribution in [1.29, 1.82) is 0 Å².